The van der Waals surface area contributed by atoms with E-state index in [1.54, 1.807) is 6.08 Å². The van der Waals surface area contributed by atoms with Gasteiger partial charge in [-0.2, -0.15) is 0 Å². The van der Waals surface area contributed by atoms with E-state index < -0.39 is 20.0 Å². The van der Waals surface area contributed by atoms with Gasteiger partial charge in [-0.1, -0.05) is 70.9 Å². The van der Waals surface area contributed by atoms with E-state index in [0.29, 0.717) is 17.4 Å². The third kappa shape index (κ3) is 18.8. The summed E-state index contributed by atoms with van der Waals surface area (Å²) in [6.45, 7) is 4.35. The highest BCUT2D eigenvalue weighted by Crippen LogP contribution is 2.38. The summed E-state index contributed by atoms with van der Waals surface area (Å²) in [5, 5.41) is 13.2. The first kappa shape index (κ1) is 31.2. The number of rotatable bonds is 20. The fourth-order valence-electron chi connectivity index (χ4n) is 2.90. The number of hydrogen-bond donors (Lipinski definition) is 2. The molecule has 0 bridgehead atoms. The van der Waals surface area contributed by atoms with Crippen molar-refractivity contribution >= 4 is 13.7 Å². The number of phosphoric acid groups is 1. The molecule has 2 N–H and O–H groups in total. The molecular formula is C23H47N2O6P. The predicted molar refractivity (Wildman–Crippen MR) is 127 cm³/mol. The summed E-state index contributed by atoms with van der Waals surface area (Å²) in [5.41, 5.74) is 0. The Kier molecular flexibility index (Phi) is 17.3. The van der Waals surface area contributed by atoms with Crippen LogP contribution < -0.4 is 10.2 Å². The van der Waals surface area contributed by atoms with Crippen LogP contribution in [0.2, 0.25) is 0 Å². The average Bonchev–Trinajstić information content (AvgIpc) is 2.69. The van der Waals surface area contributed by atoms with E-state index >= 15 is 0 Å². The van der Waals surface area contributed by atoms with Crippen LogP contribution in [0, 0.1) is 0 Å². The van der Waals surface area contributed by atoms with Gasteiger partial charge >= 0.3 is 0 Å². The quantitative estimate of drug-likeness (QED) is 0.120. The van der Waals surface area contributed by atoms with E-state index in [4.69, 9.17) is 9.05 Å². The number of phosphoric ester groups is 1. The number of carbonyl (C=O) groups is 1. The molecule has 0 aromatic carbocycles. The number of nitrogens with zero attached hydrogens (tertiary/aromatic N) is 1. The van der Waals surface area contributed by atoms with Gasteiger partial charge in [0.2, 0.25) is 5.91 Å². The summed E-state index contributed by atoms with van der Waals surface area (Å²) in [7, 11) is 1.25. The van der Waals surface area contributed by atoms with Gasteiger partial charge in [0.25, 0.3) is 7.82 Å². The van der Waals surface area contributed by atoms with Crippen molar-refractivity contribution in [1.82, 2.24) is 5.32 Å². The third-order valence-corrected chi connectivity index (χ3v) is 5.96. The Morgan fingerprint density at radius 1 is 1.06 bits per heavy atom. The van der Waals surface area contributed by atoms with Crippen LogP contribution >= 0.6 is 7.82 Å². The Balaban J connectivity index is 4.73. The van der Waals surface area contributed by atoms with Crippen molar-refractivity contribution in [2.45, 2.75) is 90.2 Å². The maximum atomic E-state index is 12.3. The monoisotopic (exact) mass is 478 g/mol. The van der Waals surface area contributed by atoms with Gasteiger partial charge in [-0.25, -0.2) is 0 Å². The molecular weight excluding hydrogens is 431 g/mol. The highest BCUT2D eigenvalue weighted by molar-refractivity contribution is 7.45. The number of amides is 1. The summed E-state index contributed by atoms with van der Waals surface area (Å²) in [5.74, 6) is -0.221. The molecule has 0 saturated carbocycles. The van der Waals surface area contributed by atoms with Crippen molar-refractivity contribution in [2.24, 2.45) is 0 Å². The molecule has 1 amide bonds. The van der Waals surface area contributed by atoms with Crippen LogP contribution in [0.3, 0.4) is 0 Å². The van der Waals surface area contributed by atoms with Crippen LogP contribution in [-0.4, -0.2) is 68.5 Å². The Morgan fingerprint density at radius 2 is 1.69 bits per heavy atom. The zero-order valence-electron chi connectivity index (χ0n) is 20.9. The second-order valence-electron chi connectivity index (χ2n) is 9.34. The predicted octanol–water partition coefficient (Wildman–Crippen LogP) is 3.54. The van der Waals surface area contributed by atoms with Gasteiger partial charge in [-0.15, -0.1) is 0 Å². The molecule has 0 aromatic heterocycles. The highest BCUT2D eigenvalue weighted by Gasteiger charge is 2.23. The first-order valence-corrected chi connectivity index (χ1v) is 13.5. The third-order valence-electron chi connectivity index (χ3n) is 5.00. The molecule has 190 valence electrons. The van der Waals surface area contributed by atoms with Gasteiger partial charge in [-0.05, 0) is 12.8 Å². The van der Waals surface area contributed by atoms with Gasteiger partial charge in [0.1, 0.15) is 13.2 Å². The van der Waals surface area contributed by atoms with Crippen molar-refractivity contribution in [3.8, 4) is 0 Å². The number of nitrogens with one attached hydrogen (secondary N) is 1. The van der Waals surface area contributed by atoms with Crippen molar-refractivity contribution in [3.05, 3.63) is 12.2 Å². The minimum atomic E-state index is -4.54. The summed E-state index contributed by atoms with van der Waals surface area (Å²) >= 11 is 0. The molecule has 8 nitrogen and oxygen atoms in total. The molecule has 0 fully saturated rings. The molecule has 0 radical (unpaired) electrons. The SMILES string of the molecule is CCCC/C=C/C(O)C(COP(=O)([O-])OCC[N+](C)(C)C)NC(=O)CCCCCCCC. The zero-order chi connectivity index (χ0) is 24.5. The van der Waals surface area contributed by atoms with Crippen LogP contribution in [0.5, 0.6) is 0 Å². The second-order valence-corrected chi connectivity index (χ2v) is 10.8. The van der Waals surface area contributed by atoms with Crippen LogP contribution in [0.1, 0.15) is 78.1 Å². The normalized spacial score (nSPS) is 16.1. The maximum Gasteiger partial charge on any atom is 0.268 e. The van der Waals surface area contributed by atoms with E-state index in [1.807, 2.05) is 27.2 Å². The molecule has 0 aliphatic carbocycles. The molecule has 32 heavy (non-hydrogen) atoms. The summed E-state index contributed by atoms with van der Waals surface area (Å²) < 4.78 is 22.5. The summed E-state index contributed by atoms with van der Waals surface area (Å²) in [4.78, 5) is 24.4. The Hall–Kier alpha value is -0.760. The number of aliphatic hydroxyl groups excluding tert-OH is 1. The molecule has 0 aliphatic rings. The van der Waals surface area contributed by atoms with Gasteiger partial charge in [0, 0.05) is 6.42 Å². The Bertz CT molecular complexity index is 565. The topological polar surface area (TPSA) is 108 Å². The second kappa shape index (κ2) is 17.7. The maximum absolute atomic E-state index is 12.3. The first-order valence-electron chi connectivity index (χ1n) is 12.1. The number of aliphatic hydroxyl groups is 1. The molecule has 0 saturated heterocycles. The molecule has 3 atom stereocenters. The average molecular weight is 479 g/mol. The van der Waals surface area contributed by atoms with Gasteiger partial charge in [-0.3, -0.25) is 9.36 Å². The lowest BCUT2D eigenvalue weighted by Gasteiger charge is -2.29. The van der Waals surface area contributed by atoms with E-state index in [1.165, 1.54) is 19.3 Å². The minimum absolute atomic E-state index is 0.00118. The smallest absolute Gasteiger partial charge is 0.268 e. The van der Waals surface area contributed by atoms with E-state index in [0.717, 1.165) is 38.5 Å². The summed E-state index contributed by atoms with van der Waals surface area (Å²) in [6.07, 6.45) is 11.9. The van der Waals surface area contributed by atoms with Gasteiger partial charge < -0.3 is 28.8 Å². The lowest BCUT2D eigenvalue weighted by molar-refractivity contribution is -0.870. The lowest BCUT2D eigenvalue weighted by Crippen LogP contribution is -2.45. The van der Waals surface area contributed by atoms with Crippen molar-refractivity contribution in [2.75, 3.05) is 40.9 Å². The molecule has 0 aromatic rings. The summed E-state index contributed by atoms with van der Waals surface area (Å²) in [6, 6.07) is -0.871. The van der Waals surface area contributed by atoms with Crippen molar-refractivity contribution < 1.29 is 32.9 Å². The van der Waals surface area contributed by atoms with Crippen LogP contribution in [0.25, 0.3) is 0 Å². The van der Waals surface area contributed by atoms with Crippen LogP contribution in [0.4, 0.5) is 0 Å². The molecule has 0 aliphatic heterocycles. The number of unbranched alkanes of at least 4 members (excludes halogenated alkanes) is 7. The largest absolute Gasteiger partial charge is 0.756 e. The Morgan fingerprint density at radius 3 is 2.31 bits per heavy atom. The van der Waals surface area contributed by atoms with Gasteiger partial charge in [0.05, 0.1) is 39.9 Å². The van der Waals surface area contributed by atoms with Gasteiger partial charge in [0.15, 0.2) is 0 Å². The van der Waals surface area contributed by atoms with E-state index in [-0.39, 0.29) is 19.1 Å². The standard InChI is InChI=1S/C23H47N2O6P/c1-6-8-10-12-13-15-17-23(27)24-21(22(26)16-14-11-9-7-2)20-31-32(28,29)30-19-18-25(3,4)5/h14,16,21-22,26H,6-13,15,17-20H2,1-5H3,(H-,24,27,28,29)/b16-14+. The van der Waals surface area contributed by atoms with Crippen LogP contribution in [-0.2, 0) is 18.4 Å². The number of likely N-dealkylation sites (N-methyl/N-ethyl adjacent to an activating group) is 1. The fourth-order valence-corrected chi connectivity index (χ4v) is 3.62. The van der Waals surface area contributed by atoms with E-state index in [9.17, 15) is 19.4 Å². The zero-order valence-corrected chi connectivity index (χ0v) is 21.8. The van der Waals surface area contributed by atoms with E-state index in [2.05, 4.69) is 19.2 Å². The fraction of sp³-hybridized carbons (Fsp3) is 0.870. The minimum Gasteiger partial charge on any atom is -0.756 e. The molecule has 9 heteroatoms. The first-order chi connectivity index (χ1) is 15.0. The molecule has 3 unspecified atom stereocenters. The molecule has 0 heterocycles. The number of allylic oxidation sites excluding steroid dienone is 1. The number of hydrogen-bond acceptors (Lipinski definition) is 6. The highest BCUT2D eigenvalue weighted by atomic mass is 31.2. The number of carbonyl (C=O) groups excluding carboxylic acids is 1. The van der Waals surface area contributed by atoms with Crippen molar-refractivity contribution in [3.63, 3.8) is 0 Å². The number of quaternary nitrogens is 1. The molecule has 0 rings (SSSR count). The molecule has 0 spiro atoms. The lowest BCUT2D eigenvalue weighted by atomic mass is 10.1. The van der Waals surface area contributed by atoms with Crippen LogP contribution in [0.15, 0.2) is 12.2 Å². The Labute approximate surface area is 195 Å². The van der Waals surface area contributed by atoms with Crippen molar-refractivity contribution in [1.29, 1.82) is 0 Å².